The van der Waals surface area contributed by atoms with Gasteiger partial charge in [0.25, 0.3) is 0 Å². The summed E-state index contributed by atoms with van der Waals surface area (Å²) >= 11 is 6.05. The molecule has 3 aromatic rings. The van der Waals surface area contributed by atoms with E-state index in [4.69, 9.17) is 11.6 Å². The lowest BCUT2D eigenvalue weighted by Crippen LogP contribution is -2.41. The van der Waals surface area contributed by atoms with Crippen molar-refractivity contribution in [2.45, 2.75) is 32.9 Å². The summed E-state index contributed by atoms with van der Waals surface area (Å²) in [6.45, 7) is 6.13. The predicted molar refractivity (Wildman–Crippen MR) is 109 cm³/mol. The van der Waals surface area contributed by atoms with Gasteiger partial charge in [-0.3, -0.25) is 10.2 Å². The number of nitrogens with zero attached hydrogens (tertiary/aromatic N) is 1. The molecule has 1 aromatic carbocycles. The lowest BCUT2D eigenvalue weighted by molar-refractivity contribution is -0.118. The zero-order chi connectivity index (χ0) is 19.1. The van der Waals surface area contributed by atoms with Gasteiger partial charge in [0, 0.05) is 27.7 Å². The number of pyridine rings is 1. The molecule has 3 heterocycles. The minimum absolute atomic E-state index is 0.0650. The number of nitrogens with one attached hydrogen (secondary N) is 4. The summed E-state index contributed by atoms with van der Waals surface area (Å²) in [6.07, 6.45) is 1.67. The first-order chi connectivity index (χ1) is 12.9. The lowest BCUT2D eigenvalue weighted by Gasteiger charge is -2.15. The van der Waals surface area contributed by atoms with Gasteiger partial charge in [-0.2, -0.15) is 0 Å². The second-order valence-electron chi connectivity index (χ2n) is 7.21. The van der Waals surface area contributed by atoms with Gasteiger partial charge < -0.3 is 10.3 Å². The molecule has 6 nitrogen and oxygen atoms in total. The molecule has 27 heavy (non-hydrogen) atoms. The van der Waals surface area contributed by atoms with Gasteiger partial charge in [-0.05, 0) is 49.6 Å². The Morgan fingerprint density at radius 1 is 1.19 bits per heavy atom. The number of halogens is 1. The number of benzene rings is 1. The number of rotatable bonds is 3. The van der Waals surface area contributed by atoms with Crippen LogP contribution in [0.4, 0.5) is 5.69 Å². The largest absolute Gasteiger partial charge is 0.339 e. The Bertz CT molecular complexity index is 1010. The van der Waals surface area contributed by atoms with Crippen LogP contribution in [-0.4, -0.2) is 28.0 Å². The Morgan fingerprint density at radius 3 is 2.70 bits per heavy atom. The van der Waals surface area contributed by atoms with Gasteiger partial charge in [0.15, 0.2) is 0 Å². The van der Waals surface area contributed by atoms with Crippen LogP contribution in [-0.2, 0) is 4.79 Å². The molecule has 1 amide bonds. The van der Waals surface area contributed by atoms with Crippen molar-refractivity contribution in [3.05, 3.63) is 47.1 Å². The van der Waals surface area contributed by atoms with Gasteiger partial charge in [-0.1, -0.05) is 24.6 Å². The third-order valence-electron chi connectivity index (χ3n) is 5.28. The normalized spacial score (nSPS) is 22.3. The van der Waals surface area contributed by atoms with Crippen LogP contribution in [0.5, 0.6) is 0 Å². The highest BCUT2D eigenvalue weighted by Crippen LogP contribution is 2.29. The second-order valence-corrected chi connectivity index (χ2v) is 7.64. The Kier molecular flexibility index (Phi) is 4.63. The molecule has 4 N–H and O–H groups in total. The fraction of sp³-hybridized carbons (Fsp3) is 0.300. The minimum Gasteiger partial charge on any atom is -0.339 e. The molecule has 4 rings (SSSR count). The first-order valence-corrected chi connectivity index (χ1v) is 9.37. The van der Waals surface area contributed by atoms with Gasteiger partial charge in [0.05, 0.1) is 11.9 Å². The molecule has 1 aliphatic rings. The summed E-state index contributed by atoms with van der Waals surface area (Å²) in [5.41, 5.74) is 10.7. The molecule has 3 atom stereocenters. The van der Waals surface area contributed by atoms with Crippen LogP contribution >= 0.6 is 11.6 Å². The Labute approximate surface area is 162 Å². The minimum atomic E-state index is -0.269. The molecule has 0 saturated carbocycles. The maximum atomic E-state index is 12.5. The summed E-state index contributed by atoms with van der Waals surface area (Å²) in [7, 11) is 0. The quantitative estimate of drug-likeness (QED) is 0.556. The molecule has 0 bridgehead atoms. The smallest absolute Gasteiger partial charge is 0.243 e. The molecular weight excluding hydrogens is 362 g/mol. The molecular formula is C20H22ClN5O. The van der Waals surface area contributed by atoms with E-state index in [9.17, 15) is 4.79 Å². The standard InChI is InChI=1S/C20H22ClN5O/c1-10-6-14(21)4-5-16(10)17-8-13-7-15(9-22-19(13)24-17)23-20(27)18-11(2)12(3)25-26-18/h4-9,11-12,18,25-26H,1-3H3,(H,22,24)(H,23,27). The Balaban J connectivity index is 1.58. The number of carbonyl (C=O) groups is 1. The fourth-order valence-corrected chi connectivity index (χ4v) is 3.68. The van der Waals surface area contributed by atoms with E-state index in [1.165, 1.54) is 0 Å². The zero-order valence-corrected chi connectivity index (χ0v) is 16.2. The third kappa shape index (κ3) is 3.43. The molecule has 1 aliphatic heterocycles. The van der Waals surface area contributed by atoms with Crippen LogP contribution in [0.15, 0.2) is 36.5 Å². The van der Waals surface area contributed by atoms with E-state index in [2.05, 4.69) is 40.0 Å². The molecule has 140 valence electrons. The lowest BCUT2D eigenvalue weighted by atomic mass is 9.97. The summed E-state index contributed by atoms with van der Waals surface area (Å²) in [4.78, 5) is 20.3. The van der Waals surface area contributed by atoms with Crippen LogP contribution < -0.4 is 16.2 Å². The predicted octanol–water partition coefficient (Wildman–Crippen LogP) is 3.63. The van der Waals surface area contributed by atoms with Crippen molar-refractivity contribution in [2.75, 3.05) is 5.32 Å². The van der Waals surface area contributed by atoms with Crippen molar-refractivity contribution >= 4 is 34.2 Å². The Morgan fingerprint density at radius 2 is 2.00 bits per heavy atom. The second kappa shape index (κ2) is 6.96. The van der Waals surface area contributed by atoms with Crippen molar-refractivity contribution in [2.24, 2.45) is 5.92 Å². The van der Waals surface area contributed by atoms with E-state index in [1.54, 1.807) is 6.20 Å². The highest BCUT2D eigenvalue weighted by Gasteiger charge is 2.34. The molecule has 0 spiro atoms. The highest BCUT2D eigenvalue weighted by atomic mass is 35.5. The summed E-state index contributed by atoms with van der Waals surface area (Å²) in [5.74, 6) is 0.137. The number of anilines is 1. The monoisotopic (exact) mass is 383 g/mol. The van der Waals surface area contributed by atoms with Gasteiger partial charge >= 0.3 is 0 Å². The average Bonchev–Trinajstić information content (AvgIpc) is 3.18. The number of carbonyl (C=O) groups excluding carboxylic acids is 1. The van der Waals surface area contributed by atoms with Crippen molar-refractivity contribution < 1.29 is 4.79 Å². The van der Waals surface area contributed by atoms with Crippen LogP contribution in [0, 0.1) is 12.8 Å². The highest BCUT2D eigenvalue weighted by molar-refractivity contribution is 6.30. The molecule has 1 saturated heterocycles. The topological polar surface area (TPSA) is 81.8 Å². The molecule has 1 fully saturated rings. The van der Waals surface area contributed by atoms with Crippen LogP contribution in [0.2, 0.25) is 5.02 Å². The fourth-order valence-electron chi connectivity index (χ4n) is 3.46. The number of fused-ring (bicyclic) bond motifs is 1. The van der Waals surface area contributed by atoms with E-state index in [0.717, 1.165) is 27.9 Å². The zero-order valence-electron chi connectivity index (χ0n) is 15.4. The maximum Gasteiger partial charge on any atom is 0.243 e. The first kappa shape index (κ1) is 18.0. The van der Waals surface area contributed by atoms with E-state index >= 15 is 0 Å². The summed E-state index contributed by atoms with van der Waals surface area (Å²) in [6, 6.07) is 9.75. The van der Waals surface area contributed by atoms with Crippen molar-refractivity contribution in [3.8, 4) is 11.3 Å². The number of aromatic amines is 1. The van der Waals surface area contributed by atoms with Crippen molar-refractivity contribution in [1.29, 1.82) is 0 Å². The third-order valence-corrected chi connectivity index (χ3v) is 5.51. The van der Waals surface area contributed by atoms with E-state index in [0.29, 0.717) is 10.7 Å². The number of hydrazine groups is 1. The van der Waals surface area contributed by atoms with Gasteiger partial charge in [-0.25, -0.2) is 10.4 Å². The SMILES string of the molecule is Cc1cc(Cl)ccc1-c1cc2cc(NC(=O)C3NNC(C)C3C)cnc2[nH]1. The first-order valence-electron chi connectivity index (χ1n) is 8.99. The number of hydrogen-bond donors (Lipinski definition) is 4. The van der Waals surface area contributed by atoms with Crippen LogP contribution in [0.3, 0.4) is 0 Å². The van der Waals surface area contributed by atoms with Gasteiger partial charge in [0.2, 0.25) is 5.91 Å². The molecule has 7 heteroatoms. The van der Waals surface area contributed by atoms with E-state index in [-0.39, 0.29) is 23.9 Å². The van der Waals surface area contributed by atoms with Crippen molar-refractivity contribution in [1.82, 2.24) is 20.8 Å². The summed E-state index contributed by atoms with van der Waals surface area (Å²) < 4.78 is 0. The number of aryl methyl sites for hydroxylation is 1. The van der Waals surface area contributed by atoms with Gasteiger partial charge in [-0.15, -0.1) is 0 Å². The molecule has 3 unspecified atom stereocenters. The van der Waals surface area contributed by atoms with E-state index < -0.39 is 0 Å². The maximum absolute atomic E-state index is 12.5. The van der Waals surface area contributed by atoms with Crippen molar-refractivity contribution in [3.63, 3.8) is 0 Å². The van der Waals surface area contributed by atoms with Crippen LogP contribution in [0.1, 0.15) is 19.4 Å². The Hall–Kier alpha value is -2.41. The van der Waals surface area contributed by atoms with Gasteiger partial charge in [0.1, 0.15) is 11.7 Å². The molecule has 0 aliphatic carbocycles. The molecule has 0 radical (unpaired) electrons. The molecule has 2 aromatic heterocycles. The summed E-state index contributed by atoms with van der Waals surface area (Å²) in [5, 5.41) is 4.62. The number of H-pyrrole nitrogens is 1. The van der Waals surface area contributed by atoms with Crippen LogP contribution in [0.25, 0.3) is 22.3 Å². The average molecular weight is 384 g/mol. The van der Waals surface area contributed by atoms with E-state index in [1.807, 2.05) is 37.3 Å². The number of hydrogen-bond acceptors (Lipinski definition) is 4. The number of amides is 1. The number of aromatic nitrogens is 2.